The molecule has 3 rings (SSSR count). The van der Waals surface area contributed by atoms with Gasteiger partial charge in [-0.2, -0.15) is 0 Å². The molecule has 9 heteroatoms. The van der Waals surface area contributed by atoms with Crippen molar-refractivity contribution in [3.05, 3.63) is 68.0 Å². The lowest BCUT2D eigenvalue weighted by molar-refractivity contribution is -0.122. The van der Waals surface area contributed by atoms with E-state index < -0.39 is 17.1 Å². The van der Waals surface area contributed by atoms with Crippen LogP contribution in [0.15, 0.2) is 41.3 Å². The first-order chi connectivity index (χ1) is 14.3. The average molecular weight is 462 g/mol. The van der Waals surface area contributed by atoms with Crippen molar-refractivity contribution in [1.82, 2.24) is 4.90 Å². The fourth-order valence-corrected chi connectivity index (χ4v) is 4.03. The van der Waals surface area contributed by atoms with Crippen LogP contribution in [0.3, 0.4) is 0 Å². The van der Waals surface area contributed by atoms with Gasteiger partial charge in [0.15, 0.2) is 5.75 Å². The number of carbonyl (C=O) groups excluding carboxylic acids is 2. The summed E-state index contributed by atoms with van der Waals surface area (Å²) in [6, 6.07) is 9.33. The minimum Gasteiger partial charge on any atom is -0.486 e. The van der Waals surface area contributed by atoms with Gasteiger partial charge in [-0.3, -0.25) is 14.5 Å². The average Bonchev–Trinajstić information content (AvgIpc) is 2.95. The molecule has 1 N–H and O–H groups in total. The van der Waals surface area contributed by atoms with Crippen molar-refractivity contribution in [2.75, 3.05) is 6.54 Å². The van der Waals surface area contributed by atoms with E-state index in [0.717, 1.165) is 22.2 Å². The predicted molar refractivity (Wildman–Crippen MR) is 116 cm³/mol. The maximum atomic E-state index is 12.3. The van der Waals surface area contributed by atoms with E-state index >= 15 is 0 Å². The van der Waals surface area contributed by atoms with E-state index in [1.165, 1.54) is 18.2 Å². The molecule has 0 atom stereocenters. The Kier molecular flexibility index (Phi) is 6.73. The van der Waals surface area contributed by atoms with Crippen LogP contribution in [0, 0.1) is 12.3 Å². The summed E-state index contributed by atoms with van der Waals surface area (Å²) < 4.78 is 5.68. The number of carboxylic acids is 1. The van der Waals surface area contributed by atoms with Gasteiger partial charge >= 0.3 is 5.97 Å². The summed E-state index contributed by atoms with van der Waals surface area (Å²) in [7, 11) is 0. The SMILES string of the molecule is C#CCN1C(=O)S/C(=C/c2cc(Cl)c(OCc3ccc(C(=O)O)cc3)c(Cl)c2)C1=O. The number of carboxylic acid groups (broad SMARTS) is 1. The van der Waals surface area contributed by atoms with Crippen LogP contribution >= 0.6 is 35.0 Å². The van der Waals surface area contributed by atoms with Crippen molar-refractivity contribution in [3.8, 4) is 18.1 Å². The summed E-state index contributed by atoms with van der Waals surface area (Å²) in [4.78, 5) is 36.2. The third-order valence-corrected chi connectivity index (χ3v) is 5.49. The standard InChI is InChI=1S/C21H13Cl2NO5S/c1-2-7-24-19(25)17(30-21(24)28)10-13-8-15(22)18(16(23)9-13)29-11-12-3-5-14(6-4-12)20(26)27/h1,3-6,8-10H,7,11H2,(H,26,27)/b17-10+. The number of amides is 2. The van der Waals surface area contributed by atoms with Crippen molar-refractivity contribution in [2.24, 2.45) is 0 Å². The first-order valence-electron chi connectivity index (χ1n) is 8.43. The number of nitrogens with zero attached hydrogens (tertiary/aromatic N) is 1. The largest absolute Gasteiger partial charge is 0.486 e. The van der Waals surface area contributed by atoms with Crippen LogP contribution < -0.4 is 4.74 Å². The van der Waals surface area contributed by atoms with E-state index in [0.29, 0.717) is 5.56 Å². The summed E-state index contributed by atoms with van der Waals surface area (Å²) >= 11 is 13.4. The summed E-state index contributed by atoms with van der Waals surface area (Å²) in [6.45, 7) is 0.0351. The summed E-state index contributed by atoms with van der Waals surface area (Å²) in [5.74, 6) is 1.04. The second-order valence-electron chi connectivity index (χ2n) is 6.08. The molecule has 1 aliphatic rings. The lowest BCUT2D eigenvalue weighted by Gasteiger charge is -2.11. The number of terminal acetylenes is 1. The summed E-state index contributed by atoms with van der Waals surface area (Å²) in [5, 5.41) is 8.94. The molecule has 6 nitrogen and oxygen atoms in total. The van der Waals surface area contributed by atoms with Gasteiger partial charge < -0.3 is 9.84 Å². The van der Waals surface area contributed by atoms with E-state index in [1.54, 1.807) is 24.3 Å². The molecule has 2 amide bonds. The number of imide groups is 1. The number of halogens is 2. The van der Waals surface area contributed by atoms with Crippen LogP contribution in [0.4, 0.5) is 4.79 Å². The van der Waals surface area contributed by atoms with Gasteiger partial charge in [-0.05, 0) is 53.2 Å². The number of hydrogen-bond acceptors (Lipinski definition) is 5. The first kappa shape index (κ1) is 21.8. The molecule has 1 heterocycles. The zero-order valence-electron chi connectivity index (χ0n) is 15.2. The highest BCUT2D eigenvalue weighted by atomic mass is 35.5. The van der Waals surface area contributed by atoms with Gasteiger partial charge in [0, 0.05) is 0 Å². The Morgan fingerprint density at radius 1 is 1.20 bits per heavy atom. The van der Waals surface area contributed by atoms with Crippen LogP contribution in [0.5, 0.6) is 5.75 Å². The topological polar surface area (TPSA) is 83.9 Å². The highest BCUT2D eigenvalue weighted by molar-refractivity contribution is 8.18. The Hall–Kier alpha value is -2.92. The highest BCUT2D eigenvalue weighted by Crippen LogP contribution is 2.37. The van der Waals surface area contributed by atoms with E-state index in [9.17, 15) is 14.4 Å². The van der Waals surface area contributed by atoms with Gasteiger partial charge in [-0.1, -0.05) is 41.3 Å². The van der Waals surface area contributed by atoms with Crippen LogP contribution in [0.25, 0.3) is 6.08 Å². The Morgan fingerprint density at radius 3 is 2.40 bits per heavy atom. The van der Waals surface area contributed by atoms with Crippen LogP contribution in [-0.2, 0) is 11.4 Å². The Balaban J connectivity index is 1.76. The Morgan fingerprint density at radius 2 is 1.83 bits per heavy atom. The fourth-order valence-electron chi connectivity index (χ4n) is 2.58. The monoisotopic (exact) mass is 461 g/mol. The number of benzene rings is 2. The molecule has 1 fully saturated rings. The second kappa shape index (κ2) is 9.26. The molecule has 30 heavy (non-hydrogen) atoms. The van der Waals surface area contributed by atoms with Crippen LogP contribution in [-0.4, -0.2) is 33.7 Å². The lowest BCUT2D eigenvalue weighted by atomic mass is 10.1. The zero-order chi connectivity index (χ0) is 21.8. The third-order valence-electron chi connectivity index (χ3n) is 4.03. The Bertz CT molecular complexity index is 1080. The van der Waals surface area contributed by atoms with Gasteiger partial charge in [0.25, 0.3) is 11.1 Å². The predicted octanol–water partition coefficient (Wildman–Crippen LogP) is 4.94. The third kappa shape index (κ3) is 4.79. The molecule has 2 aromatic carbocycles. The Labute approximate surface area is 186 Å². The van der Waals surface area contributed by atoms with E-state index in [4.69, 9.17) is 39.5 Å². The minimum atomic E-state index is -1.01. The van der Waals surface area contributed by atoms with Gasteiger partial charge in [-0.15, -0.1) is 6.42 Å². The van der Waals surface area contributed by atoms with E-state index in [-0.39, 0.29) is 39.4 Å². The molecule has 0 aliphatic carbocycles. The molecule has 0 spiro atoms. The van der Waals surface area contributed by atoms with Crippen LogP contribution in [0.1, 0.15) is 21.5 Å². The fraction of sp³-hybridized carbons (Fsp3) is 0.0952. The van der Waals surface area contributed by atoms with Gasteiger partial charge in [0.05, 0.1) is 27.1 Å². The molecule has 0 unspecified atom stereocenters. The second-order valence-corrected chi connectivity index (χ2v) is 7.88. The summed E-state index contributed by atoms with van der Waals surface area (Å²) in [6.07, 6.45) is 6.69. The van der Waals surface area contributed by atoms with E-state index in [2.05, 4.69) is 5.92 Å². The van der Waals surface area contributed by atoms with Crippen molar-refractivity contribution in [3.63, 3.8) is 0 Å². The number of aromatic carboxylic acids is 1. The number of thioether (sulfide) groups is 1. The van der Waals surface area contributed by atoms with Gasteiger partial charge in [-0.25, -0.2) is 4.79 Å². The number of rotatable bonds is 6. The normalized spacial score (nSPS) is 14.8. The zero-order valence-corrected chi connectivity index (χ0v) is 17.6. The maximum absolute atomic E-state index is 12.3. The minimum absolute atomic E-state index is 0.0935. The molecule has 1 aliphatic heterocycles. The van der Waals surface area contributed by atoms with Crippen LogP contribution in [0.2, 0.25) is 10.0 Å². The number of ether oxygens (including phenoxy) is 1. The van der Waals surface area contributed by atoms with E-state index in [1.807, 2.05) is 0 Å². The van der Waals surface area contributed by atoms with Crippen molar-refractivity contribution in [1.29, 1.82) is 0 Å². The molecule has 1 saturated heterocycles. The van der Waals surface area contributed by atoms with Crippen molar-refractivity contribution >= 4 is 58.2 Å². The summed E-state index contributed by atoms with van der Waals surface area (Å²) in [5.41, 5.74) is 1.43. The lowest BCUT2D eigenvalue weighted by Crippen LogP contribution is -2.28. The maximum Gasteiger partial charge on any atom is 0.335 e. The number of carbonyl (C=O) groups is 3. The quantitative estimate of drug-likeness (QED) is 0.484. The molecule has 2 aromatic rings. The smallest absolute Gasteiger partial charge is 0.335 e. The molecule has 0 bridgehead atoms. The first-order valence-corrected chi connectivity index (χ1v) is 10.0. The van der Waals surface area contributed by atoms with Crippen molar-refractivity contribution in [2.45, 2.75) is 6.61 Å². The number of hydrogen-bond donors (Lipinski definition) is 1. The van der Waals surface area contributed by atoms with Gasteiger partial charge in [0.2, 0.25) is 0 Å². The molecule has 0 radical (unpaired) electrons. The molecular formula is C21H13Cl2NO5S. The van der Waals surface area contributed by atoms with Crippen molar-refractivity contribution < 1.29 is 24.2 Å². The molecule has 152 valence electrons. The molecular weight excluding hydrogens is 449 g/mol. The molecule has 0 saturated carbocycles. The van der Waals surface area contributed by atoms with Gasteiger partial charge in [0.1, 0.15) is 6.61 Å². The highest BCUT2D eigenvalue weighted by Gasteiger charge is 2.34. The molecule has 0 aromatic heterocycles.